The van der Waals surface area contributed by atoms with Gasteiger partial charge in [0.25, 0.3) is 0 Å². The number of amides is 1. The molecule has 3 N–H and O–H groups in total. The molecule has 2 rings (SSSR count). The van der Waals surface area contributed by atoms with E-state index in [4.69, 9.17) is 5.73 Å². The molecule has 1 amide bonds. The number of likely N-dealkylation sites (N-methyl/N-ethyl adjacent to an activating group) is 1. The Bertz CT molecular complexity index is 546. The summed E-state index contributed by atoms with van der Waals surface area (Å²) in [5.41, 5.74) is 8.01. The molecule has 0 aliphatic carbocycles. The topological polar surface area (TPSA) is 75.0 Å². The van der Waals surface area contributed by atoms with Crippen LogP contribution in [0.25, 0.3) is 11.0 Å². The Morgan fingerprint density at radius 3 is 2.94 bits per heavy atom. The van der Waals surface area contributed by atoms with E-state index in [2.05, 4.69) is 9.97 Å². The summed E-state index contributed by atoms with van der Waals surface area (Å²) in [7, 11) is 1.72. The first-order valence-corrected chi connectivity index (χ1v) is 5.61. The Balaban J connectivity index is 2.40. The van der Waals surface area contributed by atoms with Crippen LogP contribution >= 0.6 is 0 Å². The summed E-state index contributed by atoms with van der Waals surface area (Å²) in [6.07, 6.45) is 0.863. The summed E-state index contributed by atoms with van der Waals surface area (Å²) in [5, 5.41) is 0. The Hall–Kier alpha value is -1.88. The molecule has 5 heteroatoms. The predicted octanol–water partition coefficient (Wildman–Crippen LogP) is 1.05. The number of anilines is 1. The van der Waals surface area contributed by atoms with Crippen molar-refractivity contribution in [2.75, 3.05) is 18.5 Å². The minimum Gasteiger partial charge on any atom is -0.342 e. The van der Waals surface area contributed by atoms with Gasteiger partial charge in [0.05, 0.1) is 17.6 Å². The Morgan fingerprint density at radius 1 is 1.53 bits per heavy atom. The summed E-state index contributed by atoms with van der Waals surface area (Å²) >= 11 is 0. The van der Waals surface area contributed by atoms with E-state index in [-0.39, 0.29) is 12.5 Å². The van der Waals surface area contributed by atoms with E-state index >= 15 is 0 Å². The van der Waals surface area contributed by atoms with Gasteiger partial charge in [0.2, 0.25) is 5.91 Å². The van der Waals surface area contributed by atoms with Gasteiger partial charge in [-0.05, 0) is 18.2 Å². The number of hydrogen-bond acceptors (Lipinski definition) is 3. The van der Waals surface area contributed by atoms with Crippen molar-refractivity contribution >= 4 is 22.6 Å². The molecule has 0 bridgehead atoms. The number of rotatable bonds is 3. The van der Waals surface area contributed by atoms with Crippen LogP contribution in [0.5, 0.6) is 0 Å². The van der Waals surface area contributed by atoms with E-state index in [1.807, 2.05) is 25.1 Å². The highest BCUT2D eigenvalue weighted by Gasteiger charge is 2.10. The van der Waals surface area contributed by atoms with E-state index in [1.165, 1.54) is 0 Å². The zero-order valence-corrected chi connectivity index (χ0v) is 10.0. The lowest BCUT2D eigenvalue weighted by molar-refractivity contribution is -0.117. The normalized spacial score (nSPS) is 10.8. The van der Waals surface area contributed by atoms with Crippen LogP contribution < -0.4 is 10.6 Å². The number of fused-ring (bicyclic) bond motifs is 1. The van der Waals surface area contributed by atoms with E-state index in [0.29, 0.717) is 0 Å². The molecule has 2 aromatic rings. The number of aromatic amines is 1. The third-order valence-electron chi connectivity index (χ3n) is 2.79. The number of aromatic nitrogens is 2. The number of nitrogens with zero attached hydrogens (tertiary/aromatic N) is 2. The number of hydrogen-bond donors (Lipinski definition) is 2. The van der Waals surface area contributed by atoms with Crippen LogP contribution in [0.2, 0.25) is 0 Å². The maximum absolute atomic E-state index is 11.5. The van der Waals surface area contributed by atoms with Gasteiger partial charge < -0.3 is 15.6 Å². The number of H-pyrrole nitrogens is 1. The molecule has 90 valence electrons. The van der Waals surface area contributed by atoms with Gasteiger partial charge in [-0.2, -0.15) is 0 Å². The molecule has 17 heavy (non-hydrogen) atoms. The van der Waals surface area contributed by atoms with Gasteiger partial charge in [-0.25, -0.2) is 4.98 Å². The summed E-state index contributed by atoms with van der Waals surface area (Å²) < 4.78 is 0. The fourth-order valence-corrected chi connectivity index (χ4v) is 1.71. The van der Waals surface area contributed by atoms with Crippen LogP contribution in [0.3, 0.4) is 0 Å². The molecule has 0 saturated carbocycles. The third kappa shape index (κ3) is 2.14. The Morgan fingerprint density at radius 2 is 2.29 bits per heavy atom. The second kappa shape index (κ2) is 4.55. The van der Waals surface area contributed by atoms with Crippen molar-refractivity contribution in [1.29, 1.82) is 0 Å². The number of aryl methyl sites for hydroxylation is 1. The quantitative estimate of drug-likeness (QED) is 0.830. The lowest BCUT2D eigenvalue weighted by Crippen LogP contribution is -2.32. The summed E-state index contributed by atoms with van der Waals surface area (Å²) in [5.74, 6) is 0.838. The van der Waals surface area contributed by atoms with Gasteiger partial charge in [0.15, 0.2) is 0 Å². The van der Waals surface area contributed by atoms with E-state index in [1.54, 1.807) is 11.9 Å². The van der Waals surface area contributed by atoms with Gasteiger partial charge in [-0.3, -0.25) is 4.79 Å². The van der Waals surface area contributed by atoms with Crippen molar-refractivity contribution in [2.24, 2.45) is 5.73 Å². The average molecular weight is 232 g/mol. The molecule has 0 aliphatic rings. The summed E-state index contributed by atoms with van der Waals surface area (Å²) in [6, 6.07) is 5.69. The molecular weight excluding hydrogens is 216 g/mol. The average Bonchev–Trinajstić information content (AvgIpc) is 2.78. The van der Waals surface area contributed by atoms with Crippen LogP contribution in [0.1, 0.15) is 12.7 Å². The number of imidazole rings is 1. The van der Waals surface area contributed by atoms with Crippen molar-refractivity contribution in [3.8, 4) is 0 Å². The smallest absolute Gasteiger partial charge is 0.240 e. The van der Waals surface area contributed by atoms with Crippen molar-refractivity contribution in [3.63, 3.8) is 0 Å². The van der Waals surface area contributed by atoms with Crippen LogP contribution in [0, 0.1) is 0 Å². The van der Waals surface area contributed by atoms with Gasteiger partial charge in [-0.15, -0.1) is 0 Å². The predicted molar refractivity (Wildman–Crippen MR) is 67.9 cm³/mol. The molecule has 1 aromatic heterocycles. The Labute approximate surface area is 99.6 Å². The van der Waals surface area contributed by atoms with Gasteiger partial charge in [0.1, 0.15) is 5.82 Å². The number of benzene rings is 1. The highest BCUT2D eigenvalue weighted by molar-refractivity contribution is 5.95. The molecule has 0 atom stereocenters. The van der Waals surface area contributed by atoms with Crippen LogP contribution in [-0.4, -0.2) is 29.5 Å². The minimum atomic E-state index is -0.111. The van der Waals surface area contributed by atoms with Gasteiger partial charge in [0, 0.05) is 19.2 Å². The molecule has 0 fully saturated rings. The third-order valence-corrected chi connectivity index (χ3v) is 2.79. The minimum absolute atomic E-state index is 0.0116. The zero-order chi connectivity index (χ0) is 12.4. The second-order valence-corrected chi connectivity index (χ2v) is 3.90. The first kappa shape index (κ1) is 11.6. The zero-order valence-electron chi connectivity index (χ0n) is 10.0. The lowest BCUT2D eigenvalue weighted by atomic mass is 10.2. The molecule has 0 aliphatic heterocycles. The van der Waals surface area contributed by atoms with Crippen molar-refractivity contribution in [3.05, 3.63) is 24.0 Å². The van der Waals surface area contributed by atoms with Crippen LogP contribution in [0.4, 0.5) is 5.69 Å². The first-order chi connectivity index (χ1) is 8.15. The second-order valence-electron chi connectivity index (χ2n) is 3.90. The maximum Gasteiger partial charge on any atom is 0.240 e. The fourth-order valence-electron chi connectivity index (χ4n) is 1.71. The largest absolute Gasteiger partial charge is 0.342 e. The van der Waals surface area contributed by atoms with Crippen LogP contribution in [0.15, 0.2) is 18.2 Å². The fraction of sp³-hybridized carbons (Fsp3) is 0.333. The molecule has 5 nitrogen and oxygen atoms in total. The summed E-state index contributed by atoms with van der Waals surface area (Å²) in [6.45, 7) is 2.06. The highest BCUT2D eigenvalue weighted by atomic mass is 16.2. The highest BCUT2D eigenvalue weighted by Crippen LogP contribution is 2.20. The van der Waals surface area contributed by atoms with Crippen LogP contribution in [-0.2, 0) is 11.2 Å². The van der Waals surface area contributed by atoms with E-state index in [0.717, 1.165) is 29.0 Å². The number of carbonyl (C=O) groups excluding carboxylic acids is 1. The molecule has 0 unspecified atom stereocenters. The summed E-state index contributed by atoms with van der Waals surface area (Å²) in [4.78, 5) is 20.7. The van der Waals surface area contributed by atoms with Crippen molar-refractivity contribution in [1.82, 2.24) is 9.97 Å². The lowest BCUT2D eigenvalue weighted by Gasteiger charge is -2.15. The molecular formula is C12H16N4O. The molecule has 0 saturated heterocycles. The van der Waals surface area contributed by atoms with Gasteiger partial charge in [-0.1, -0.05) is 6.92 Å². The van der Waals surface area contributed by atoms with E-state index < -0.39 is 0 Å². The standard InChI is InChI=1S/C12H16N4O/c1-3-11-14-9-5-4-8(6-10(9)15-11)16(2)12(17)7-13/h4-6H,3,7,13H2,1-2H3,(H,14,15). The SMILES string of the molecule is CCc1nc2ccc(N(C)C(=O)CN)cc2[nH]1. The molecule has 0 radical (unpaired) electrons. The number of nitrogens with two attached hydrogens (primary N) is 1. The first-order valence-electron chi connectivity index (χ1n) is 5.61. The van der Waals surface area contributed by atoms with E-state index in [9.17, 15) is 4.79 Å². The van der Waals surface area contributed by atoms with Crippen molar-refractivity contribution in [2.45, 2.75) is 13.3 Å². The molecule has 1 aromatic carbocycles. The molecule has 0 spiro atoms. The number of nitrogens with one attached hydrogen (secondary N) is 1. The van der Waals surface area contributed by atoms with Gasteiger partial charge >= 0.3 is 0 Å². The maximum atomic E-state index is 11.5. The van der Waals surface area contributed by atoms with Crippen molar-refractivity contribution < 1.29 is 4.79 Å². The monoisotopic (exact) mass is 232 g/mol. The Kier molecular flexibility index (Phi) is 3.10. The number of carbonyl (C=O) groups is 1. The molecule has 1 heterocycles.